The Hall–Kier alpha value is -3.30. The van der Waals surface area contributed by atoms with Gasteiger partial charge in [0.2, 0.25) is 5.91 Å². The van der Waals surface area contributed by atoms with Crippen LogP contribution in [0, 0.1) is 5.92 Å². The van der Waals surface area contributed by atoms with Crippen LogP contribution >= 0.6 is 0 Å². The van der Waals surface area contributed by atoms with Crippen molar-refractivity contribution in [2.75, 3.05) is 57.3 Å². The summed E-state index contributed by atoms with van der Waals surface area (Å²) in [6, 6.07) is 10.9. The van der Waals surface area contributed by atoms with E-state index in [4.69, 9.17) is 4.99 Å². The van der Waals surface area contributed by atoms with E-state index in [1.165, 1.54) is 11.3 Å². The molecule has 1 aromatic carbocycles. The first-order valence-corrected chi connectivity index (χ1v) is 14.4. The molecule has 4 unspecified atom stereocenters. The van der Waals surface area contributed by atoms with Crippen molar-refractivity contribution >= 4 is 29.4 Å². The number of amides is 2. The molecule has 5 aliphatic heterocycles. The van der Waals surface area contributed by atoms with Crippen LogP contribution in [-0.4, -0.2) is 110 Å². The molecule has 9 nitrogen and oxygen atoms in total. The minimum atomic E-state index is -0.0729. The van der Waals surface area contributed by atoms with Crippen LogP contribution in [0.25, 0.3) is 0 Å². The van der Waals surface area contributed by atoms with Gasteiger partial charge in [-0.2, -0.15) is 0 Å². The fourth-order valence-electron chi connectivity index (χ4n) is 6.22. The molecule has 2 N–H and O–H groups in total. The van der Waals surface area contributed by atoms with Crippen LogP contribution in [0.2, 0.25) is 0 Å². The van der Waals surface area contributed by atoms with E-state index < -0.39 is 0 Å². The zero-order chi connectivity index (χ0) is 26.8. The number of para-hydroxylation sites is 1. The number of piperazine rings is 1. The second-order valence-corrected chi connectivity index (χ2v) is 11.3. The van der Waals surface area contributed by atoms with Crippen molar-refractivity contribution in [3.8, 4) is 0 Å². The van der Waals surface area contributed by atoms with Crippen LogP contribution in [-0.2, 0) is 9.59 Å². The van der Waals surface area contributed by atoms with Gasteiger partial charge in [-0.3, -0.25) is 29.4 Å². The fourth-order valence-corrected chi connectivity index (χ4v) is 6.22. The molecule has 0 bridgehead atoms. The van der Waals surface area contributed by atoms with E-state index in [0.717, 1.165) is 58.7 Å². The molecule has 5 aliphatic rings. The lowest BCUT2D eigenvalue weighted by Crippen LogP contribution is -2.60. The second kappa shape index (κ2) is 11.4. The highest BCUT2D eigenvalue weighted by Gasteiger charge is 2.35. The maximum atomic E-state index is 12.7. The number of nitrogens with zero attached hydrogens (tertiary/aromatic N) is 5. The molecule has 3 saturated heterocycles. The lowest BCUT2D eigenvalue weighted by molar-refractivity contribution is -0.127. The minimum Gasteiger partial charge on any atom is -0.367 e. The number of fused-ring (bicyclic) bond motifs is 1. The minimum absolute atomic E-state index is 0.0327. The molecule has 1 aromatic rings. The fraction of sp³-hybridized carbons (Fsp3) is 0.533. The van der Waals surface area contributed by atoms with Crippen molar-refractivity contribution in [2.45, 2.75) is 43.9 Å². The van der Waals surface area contributed by atoms with E-state index in [0.29, 0.717) is 12.3 Å². The molecule has 2 amide bonds. The molecule has 0 saturated carbocycles. The Labute approximate surface area is 230 Å². The Bertz CT molecular complexity index is 1180. The van der Waals surface area contributed by atoms with Crippen molar-refractivity contribution in [1.29, 1.82) is 0 Å². The van der Waals surface area contributed by atoms with Gasteiger partial charge in [0.05, 0.1) is 24.7 Å². The smallest absolute Gasteiger partial charge is 0.269 e. The first-order valence-electron chi connectivity index (χ1n) is 14.4. The third-order valence-corrected chi connectivity index (χ3v) is 8.72. The predicted octanol–water partition coefficient (Wildman–Crippen LogP) is 1.28. The van der Waals surface area contributed by atoms with E-state index in [2.05, 4.69) is 61.5 Å². The van der Waals surface area contributed by atoms with Gasteiger partial charge in [-0.05, 0) is 36.6 Å². The average Bonchev–Trinajstić information content (AvgIpc) is 2.95. The second-order valence-electron chi connectivity index (χ2n) is 11.3. The molecule has 4 atom stereocenters. The van der Waals surface area contributed by atoms with E-state index in [9.17, 15) is 9.59 Å². The Balaban J connectivity index is 0.922. The third-order valence-electron chi connectivity index (χ3n) is 8.72. The number of anilines is 1. The zero-order valence-electron chi connectivity index (χ0n) is 22.7. The molecule has 206 valence electrons. The van der Waals surface area contributed by atoms with Crippen LogP contribution in [0.3, 0.4) is 0 Å². The van der Waals surface area contributed by atoms with Gasteiger partial charge in [0.1, 0.15) is 5.71 Å². The number of piperidine rings is 1. The molecule has 39 heavy (non-hydrogen) atoms. The molecular weight excluding hydrogens is 490 g/mol. The summed E-state index contributed by atoms with van der Waals surface area (Å²) < 4.78 is 0. The lowest BCUT2D eigenvalue weighted by atomic mass is 9.86. The van der Waals surface area contributed by atoms with Crippen molar-refractivity contribution in [3.05, 3.63) is 54.1 Å². The Morgan fingerprint density at radius 1 is 1.13 bits per heavy atom. The number of hydrogen-bond acceptors (Lipinski definition) is 7. The summed E-state index contributed by atoms with van der Waals surface area (Å²) in [5.41, 5.74) is 2.92. The van der Waals surface area contributed by atoms with Crippen LogP contribution in [0.5, 0.6) is 0 Å². The normalized spacial score (nSPS) is 29.7. The van der Waals surface area contributed by atoms with E-state index >= 15 is 0 Å². The molecule has 0 aliphatic carbocycles. The van der Waals surface area contributed by atoms with Crippen molar-refractivity contribution in [2.24, 2.45) is 15.9 Å². The van der Waals surface area contributed by atoms with Gasteiger partial charge in [-0.15, -0.1) is 0 Å². The quantitative estimate of drug-likeness (QED) is 0.555. The summed E-state index contributed by atoms with van der Waals surface area (Å²) in [4.78, 5) is 41.6. The summed E-state index contributed by atoms with van der Waals surface area (Å²) in [6.45, 7) is 9.10. The monoisotopic (exact) mass is 529 g/mol. The molecule has 0 spiro atoms. The average molecular weight is 530 g/mol. The van der Waals surface area contributed by atoms with Gasteiger partial charge >= 0.3 is 0 Å². The maximum absolute atomic E-state index is 12.7. The lowest BCUT2D eigenvalue weighted by Gasteiger charge is -2.41. The van der Waals surface area contributed by atoms with Crippen LogP contribution in [0.15, 0.2) is 64.1 Å². The highest BCUT2D eigenvalue weighted by atomic mass is 16.2. The Kier molecular flexibility index (Phi) is 7.61. The zero-order valence-corrected chi connectivity index (χ0v) is 22.7. The summed E-state index contributed by atoms with van der Waals surface area (Å²) in [5, 5.41) is 6.29. The SMILES string of the molecule is CCC1CC2N=CC(CN3CCN(C4C=CC(C(=O)NC5CN(c6ccccc6)C5)=NC4)CC3)=CC2NC1=O. The summed E-state index contributed by atoms with van der Waals surface area (Å²) in [5.74, 6) is 0.182. The number of benzene rings is 1. The molecule has 9 heteroatoms. The number of rotatable bonds is 7. The van der Waals surface area contributed by atoms with Crippen LogP contribution in [0.1, 0.15) is 19.8 Å². The van der Waals surface area contributed by atoms with Crippen molar-refractivity contribution in [3.63, 3.8) is 0 Å². The van der Waals surface area contributed by atoms with Gasteiger partial charge < -0.3 is 15.5 Å². The highest BCUT2D eigenvalue weighted by molar-refractivity contribution is 6.43. The van der Waals surface area contributed by atoms with Crippen LogP contribution in [0.4, 0.5) is 5.69 Å². The maximum Gasteiger partial charge on any atom is 0.269 e. The van der Waals surface area contributed by atoms with Gasteiger partial charge in [0.15, 0.2) is 0 Å². The number of nitrogens with one attached hydrogen (secondary N) is 2. The predicted molar refractivity (Wildman–Crippen MR) is 155 cm³/mol. The first kappa shape index (κ1) is 26.0. The Morgan fingerprint density at radius 3 is 2.64 bits per heavy atom. The van der Waals surface area contributed by atoms with Crippen LogP contribution < -0.4 is 15.5 Å². The number of dihydropyridines is 2. The number of carbonyl (C=O) groups excluding carboxylic acids is 2. The van der Waals surface area contributed by atoms with Gasteiger partial charge in [0, 0.05) is 69.7 Å². The standard InChI is InChI=1S/C30H39N7O2/c1-2-22-15-27-28(34-29(22)38)14-21(16-31-27)18-35-10-12-36(13-11-35)25-8-9-26(32-17-25)30(39)33-23-19-37(20-23)24-6-4-3-5-7-24/h3-9,14,16,22-23,25,27-28H,2,10-13,15,17-20H2,1H3,(H,33,39)(H,34,38). The summed E-state index contributed by atoms with van der Waals surface area (Å²) in [7, 11) is 0. The topological polar surface area (TPSA) is 92.6 Å². The van der Waals surface area contributed by atoms with Crippen molar-refractivity contribution in [1.82, 2.24) is 20.4 Å². The van der Waals surface area contributed by atoms with E-state index in [-0.39, 0.29) is 41.9 Å². The molecule has 3 fully saturated rings. The molecular formula is C30H39N7O2. The highest BCUT2D eigenvalue weighted by Crippen LogP contribution is 2.25. The first-order chi connectivity index (χ1) is 19.1. The van der Waals surface area contributed by atoms with Gasteiger partial charge in [0.25, 0.3) is 5.91 Å². The Morgan fingerprint density at radius 2 is 1.92 bits per heavy atom. The summed E-state index contributed by atoms with van der Waals surface area (Å²) in [6.07, 6.45) is 9.98. The molecule has 0 radical (unpaired) electrons. The third kappa shape index (κ3) is 5.84. The summed E-state index contributed by atoms with van der Waals surface area (Å²) >= 11 is 0. The van der Waals surface area contributed by atoms with Gasteiger partial charge in [-0.25, -0.2) is 0 Å². The number of carbonyl (C=O) groups is 2. The van der Waals surface area contributed by atoms with Crippen molar-refractivity contribution < 1.29 is 9.59 Å². The largest absolute Gasteiger partial charge is 0.367 e. The molecule has 5 heterocycles. The number of aliphatic imine (C=N–C) groups is 2. The molecule has 6 rings (SSSR count). The number of hydrogen-bond donors (Lipinski definition) is 2. The van der Waals surface area contributed by atoms with E-state index in [1.807, 2.05) is 30.5 Å². The van der Waals surface area contributed by atoms with Gasteiger partial charge in [-0.1, -0.05) is 37.3 Å². The molecule has 0 aromatic heterocycles. The van der Waals surface area contributed by atoms with E-state index in [1.54, 1.807) is 0 Å².